The Labute approximate surface area is 125 Å². The van der Waals surface area contributed by atoms with Gasteiger partial charge in [-0.25, -0.2) is 4.79 Å². The molecule has 0 aliphatic heterocycles. The van der Waals surface area contributed by atoms with Crippen molar-refractivity contribution in [1.82, 2.24) is 13.2 Å². The van der Waals surface area contributed by atoms with E-state index in [1.54, 1.807) is 28.9 Å². The van der Waals surface area contributed by atoms with Gasteiger partial charge in [-0.15, -0.1) is 0 Å². The molecule has 2 rings (SSSR count). The van der Waals surface area contributed by atoms with Crippen molar-refractivity contribution in [2.45, 2.75) is 0 Å². The molecule has 1 aromatic carbocycles. The predicted molar refractivity (Wildman–Crippen MR) is 72.9 cm³/mol. The fraction of sp³-hybridized carbons (Fsp3) is 0. The third-order valence-electron chi connectivity index (χ3n) is 1.91. The number of carboxylic acid groups (broad SMARTS) is 1. The first-order valence-electron chi connectivity index (χ1n) is 4.47. The van der Waals surface area contributed by atoms with Crippen molar-refractivity contribution in [3.05, 3.63) is 33.9 Å². The van der Waals surface area contributed by atoms with Crippen LogP contribution in [0.5, 0.6) is 11.6 Å². The van der Waals surface area contributed by atoms with Crippen molar-refractivity contribution in [2.75, 3.05) is 0 Å². The molecule has 0 unspecified atom stereocenters. The molecule has 1 heterocycles. The summed E-state index contributed by atoms with van der Waals surface area (Å²) in [5, 5.41) is 16.8. The Kier molecular flexibility index (Phi) is 3.93. The molecule has 1 N–H and O–H groups in total. The summed E-state index contributed by atoms with van der Waals surface area (Å²) in [7, 11) is 0. The topological polar surface area (TPSA) is 77.2 Å². The molecule has 2 aromatic rings. The van der Waals surface area contributed by atoms with Gasteiger partial charge in [-0.1, -0.05) is 33.5 Å². The van der Waals surface area contributed by atoms with Gasteiger partial charge in [0.1, 0.15) is 5.75 Å². The largest absolute Gasteiger partial charge is 0.476 e. The van der Waals surface area contributed by atoms with E-state index in [2.05, 4.69) is 10.3 Å². The third kappa shape index (κ3) is 2.68. The van der Waals surface area contributed by atoms with Gasteiger partial charge in [0, 0.05) is 6.07 Å². The second-order valence-electron chi connectivity index (χ2n) is 3.09. The Balaban J connectivity index is 2.34. The van der Waals surface area contributed by atoms with E-state index >= 15 is 0 Å². The Morgan fingerprint density at radius 3 is 2.72 bits per heavy atom. The molecule has 0 radical (unpaired) electrons. The number of carbonyl (C=O) groups is 1. The molecule has 0 aliphatic rings. The molecule has 0 amide bonds. The van der Waals surface area contributed by atoms with Gasteiger partial charge in [0.25, 0.3) is 5.88 Å². The van der Waals surface area contributed by atoms with Crippen molar-refractivity contribution in [2.24, 2.45) is 0 Å². The molecule has 0 spiro atoms. The summed E-state index contributed by atoms with van der Waals surface area (Å²) in [5.74, 6) is -0.983. The zero-order valence-electron chi connectivity index (χ0n) is 8.47. The lowest BCUT2D eigenvalue weighted by Gasteiger charge is -2.04. The van der Waals surface area contributed by atoms with Crippen LogP contribution in [0.3, 0.4) is 0 Å². The molecule has 0 bridgehead atoms. The van der Waals surface area contributed by atoms with Crippen LogP contribution in [-0.2, 0) is 0 Å². The molecular formula is C9H4Cl2IN3O3. The highest BCUT2D eigenvalue weighted by Gasteiger charge is 2.21. The van der Waals surface area contributed by atoms with Crippen molar-refractivity contribution < 1.29 is 14.6 Å². The first-order valence-corrected chi connectivity index (χ1v) is 6.19. The number of ether oxygens (including phenoxy) is 1. The Bertz CT molecular complexity index is 617. The van der Waals surface area contributed by atoms with Gasteiger partial charge in [0.15, 0.2) is 0 Å². The summed E-state index contributed by atoms with van der Waals surface area (Å²) < 4.78 is 6.38. The standard InChI is InChI=1S/C9H4Cl2IN3O3/c10-5-2-1-4(3-6(5)11)18-8-7(9(16)17)15(12)14-13-8/h1-3H,(H,16,17). The van der Waals surface area contributed by atoms with Crippen LogP contribution in [0.2, 0.25) is 10.0 Å². The number of aromatic nitrogens is 3. The van der Waals surface area contributed by atoms with Gasteiger partial charge >= 0.3 is 5.97 Å². The number of nitrogens with zero attached hydrogens (tertiary/aromatic N) is 3. The quantitative estimate of drug-likeness (QED) is 0.801. The highest BCUT2D eigenvalue weighted by molar-refractivity contribution is 14.1. The van der Waals surface area contributed by atoms with Crippen molar-refractivity contribution >= 4 is 52.0 Å². The first kappa shape index (κ1) is 13.4. The minimum atomic E-state index is -1.19. The summed E-state index contributed by atoms with van der Waals surface area (Å²) in [6.45, 7) is 0. The van der Waals surface area contributed by atoms with E-state index < -0.39 is 5.97 Å². The Hall–Kier alpha value is -1.06. The lowest BCUT2D eigenvalue weighted by Crippen LogP contribution is -2.03. The predicted octanol–water partition coefficient (Wildman–Crippen LogP) is 3.27. The fourth-order valence-electron chi connectivity index (χ4n) is 1.14. The van der Waals surface area contributed by atoms with Crippen LogP contribution < -0.4 is 4.74 Å². The van der Waals surface area contributed by atoms with E-state index in [1.165, 1.54) is 12.1 Å². The maximum atomic E-state index is 11.0. The van der Waals surface area contributed by atoms with E-state index in [9.17, 15) is 4.79 Å². The lowest BCUT2D eigenvalue weighted by atomic mass is 10.3. The average molecular weight is 400 g/mol. The van der Waals surface area contributed by atoms with Crippen LogP contribution in [0.4, 0.5) is 0 Å². The van der Waals surface area contributed by atoms with Gasteiger partial charge in [-0.3, -0.25) is 0 Å². The van der Waals surface area contributed by atoms with Crippen LogP contribution in [0.1, 0.15) is 10.5 Å². The van der Waals surface area contributed by atoms with Crippen LogP contribution in [-0.4, -0.2) is 24.3 Å². The number of benzene rings is 1. The van der Waals surface area contributed by atoms with E-state index in [1.807, 2.05) is 0 Å². The smallest absolute Gasteiger partial charge is 0.360 e. The highest BCUT2D eigenvalue weighted by Crippen LogP contribution is 2.30. The summed E-state index contributed by atoms with van der Waals surface area (Å²) in [6.07, 6.45) is 0. The summed E-state index contributed by atoms with van der Waals surface area (Å²) in [4.78, 5) is 11.0. The molecule has 9 heteroatoms. The molecule has 0 saturated heterocycles. The third-order valence-corrected chi connectivity index (χ3v) is 3.32. The minimum absolute atomic E-state index is 0.115. The van der Waals surface area contributed by atoms with Crippen molar-refractivity contribution in [3.63, 3.8) is 0 Å². The number of rotatable bonds is 3. The Morgan fingerprint density at radius 2 is 2.11 bits per heavy atom. The van der Waals surface area contributed by atoms with Crippen molar-refractivity contribution in [3.8, 4) is 11.6 Å². The zero-order valence-corrected chi connectivity index (χ0v) is 12.1. The van der Waals surface area contributed by atoms with Gasteiger partial charge in [-0.2, -0.15) is 2.90 Å². The normalized spacial score (nSPS) is 10.4. The maximum Gasteiger partial charge on any atom is 0.360 e. The maximum absolute atomic E-state index is 11.0. The second kappa shape index (κ2) is 5.29. The SMILES string of the molecule is O=C(O)c1c(Oc2ccc(Cl)c(Cl)c2)nnn1I. The molecular weight excluding hydrogens is 396 g/mol. The van der Waals surface area contributed by atoms with Gasteiger partial charge in [0.05, 0.1) is 32.9 Å². The van der Waals surface area contributed by atoms with Crippen LogP contribution in [0.25, 0.3) is 0 Å². The Morgan fingerprint density at radius 1 is 1.39 bits per heavy atom. The van der Waals surface area contributed by atoms with E-state index in [0.29, 0.717) is 15.8 Å². The highest BCUT2D eigenvalue weighted by atomic mass is 127. The monoisotopic (exact) mass is 399 g/mol. The molecule has 6 nitrogen and oxygen atoms in total. The van der Waals surface area contributed by atoms with Crippen LogP contribution in [0.15, 0.2) is 18.2 Å². The van der Waals surface area contributed by atoms with Gasteiger partial charge < -0.3 is 9.84 Å². The van der Waals surface area contributed by atoms with E-state index in [0.717, 1.165) is 2.90 Å². The molecule has 0 saturated carbocycles. The summed E-state index contributed by atoms with van der Waals surface area (Å²) in [6, 6.07) is 4.54. The number of halogens is 3. The van der Waals surface area contributed by atoms with Crippen LogP contribution >= 0.6 is 46.1 Å². The van der Waals surface area contributed by atoms with Gasteiger partial charge in [-0.05, 0) is 12.1 Å². The number of carboxylic acids is 1. The molecule has 94 valence electrons. The first-order chi connectivity index (χ1) is 8.49. The second-order valence-corrected chi connectivity index (χ2v) is 4.81. The van der Waals surface area contributed by atoms with E-state index in [4.69, 9.17) is 33.0 Å². The van der Waals surface area contributed by atoms with E-state index in [-0.39, 0.29) is 11.6 Å². The van der Waals surface area contributed by atoms with Crippen LogP contribution in [0, 0.1) is 0 Å². The number of aromatic carboxylic acids is 1. The average Bonchev–Trinajstić information content (AvgIpc) is 2.65. The summed E-state index contributed by atoms with van der Waals surface area (Å²) in [5.41, 5.74) is -0.165. The summed E-state index contributed by atoms with van der Waals surface area (Å²) >= 11 is 13.3. The molecule has 18 heavy (non-hydrogen) atoms. The zero-order chi connectivity index (χ0) is 13.3. The van der Waals surface area contributed by atoms with Gasteiger partial charge in [0.2, 0.25) is 5.69 Å². The molecule has 0 atom stereocenters. The minimum Gasteiger partial charge on any atom is -0.476 e. The lowest BCUT2D eigenvalue weighted by molar-refractivity contribution is 0.0687. The fourth-order valence-corrected chi connectivity index (χ4v) is 1.94. The molecule has 0 aliphatic carbocycles. The molecule has 0 fully saturated rings. The number of hydrogen-bond acceptors (Lipinski definition) is 4. The van der Waals surface area contributed by atoms with Crippen molar-refractivity contribution in [1.29, 1.82) is 0 Å². The molecule has 1 aromatic heterocycles. The number of hydrogen-bond donors (Lipinski definition) is 1.